The monoisotopic (exact) mass is 270 g/mol. The van der Waals surface area contributed by atoms with Gasteiger partial charge in [0.15, 0.2) is 5.78 Å². The van der Waals surface area contributed by atoms with Crippen molar-refractivity contribution in [1.29, 1.82) is 0 Å². The molecule has 0 saturated heterocycles. The summed E-state index contributed by atoms with van der Waals surface area (Å²) in [6.07, 6.45) is 0. The summed E-state index contributed by atoms with van der Waals surface area (Å²) >= 11 is 0. The lowest BCUT2D eigenvalue weighted by molar-refractivity contribution is 0.101. The molecule has 0 bridgehead atoms. The van der Waals surface area contributed by atoms with Crippen LogP contribution in [0.25, 0.3) is 11.1 Å². The van der Waals surface area contributed by atoms with Gasteiger partial charge in [0.1, 0.15) is 11.5 Å². The number of rotatable bonds is 5. The third-order valence-corrected chi connectivity index (χ3v) is 3.06. The highest BCUT2D eigenvalue weighted by Crippen LogP contribution is 2.32. The van der Waals surface area contributed by atoms with Crippen LogP contribution in [0.5, 0.6) is 11.5 Å². The van der Waals surface area contributed by atoms with Crippen molar-refractivity contribution in [2.24, 2.45) is 0 Å². The van der Waals surface area contributed by atoms with E-state index in [0.29, 0.717) is 17.9 Å². The van der Waals surface area contributed by atoms with Crippen LogP contribution in [-0.4, -0.2) is 19.5 Å². The first-order chi connectivity index (χ1) is 9.65. The highest BCUT2D eigenvalue weighted by molar-refractivity contribution is 5.95. The summed E-state index contributed by atoms with van der Waals surface area (Å²) in [5.74, 6) is 1.53. The molecule has 0 fully saturated rings. The molecule has 2 rings (SSSR count). The molecule has 0 N–H and O–H groups in total. The fraction of sp³-hybridized carbons (Fsp3) is 0.235. The molecular formula is C17H18O3. The van der Waals surface area contributed by atoms with E-state index in [0.717, 1.165) is 16.9 Å². The first kappa shape index (κ1) is 14.1. The summed E-state index contributed by atoms with van der Waals surface area (Å²) in [6, 6.07) is 13.3. The number of methoxy groups -OCH3 is 1. The van der Waals surface area contributed by atoms with Crippen molar-refractivity contribution in [3.05, 3.63) is 48.0 Å². The SMILES string of the molecule is CCOc1cccc(-c2ccc(C(C)=O)cc2OC)c1. The number of carbonyl (C=O) groups excluding carboxylic acids is 1. The molecule has 0 amide bonds. The Hall–Kier alpha value is -2.29. The maximum absolute atomic E-state index is 11.4. The van der Waals surface area contributed by atoms with Crippen molar-refractivity contribution in [1.82, 2.24) is 0 Å². The van der Waals surface area contributed by atoms with Crippen LogP contribution >= 0.6 is 0 Å². The molecule has 0 aliphatic rings. The Balaban J connectivity index is 2.46. The number of ether oxygens (including phenoxy) is 2. The van der Waals surface area contributed by atoms with Gasteiger partial charge in [-0.15, -0.1) is 0 Å². The number of hydrogen-bond donors (Lipinski definition) is 0. The Morgan fingerprint density at radius 2 is 1.95 bits per heavy atom. The quantitative estimate of drug-likeness (QED) is 0.771. The lowest BCUT2D eigenvalue weighted by atomic mass is 10.0. The van der Waals surface area contributed by atoms with E-state index in [1.54, 1.807) is 20.1 Å². The van der Waals surface area contributed by atoms with Crippen LogP contribution in [0.15, 0.2) is 42.5 Å². The van der Waals surface area contributed by atoms with E-state index in [1.165, 1.54) is 0 Å². The van der Waals surface area contributed by atoms with Crippen LogP contribution in [0.1, 0.15) is 24.2 Å². The van der Waals surface area contributed by atoms with Crippen LogP contribution in [-0.2, 0) is 0 Å². The summed E-state index contributed by atoms with van der Waals surface area (Å²) in [4.78, 5) is 11.4. The smallest absolute Gasteiger partial charge is 0.159 e. The second-order valence-corrected chi connectivity index (χ2v) is 4.43. The zero-order valence-corrected chi connectivity index (χ0v) is 12.0. The average Bonchev–Trinajstić information content (AvgIpc) is 2.47. The number of benzene rings is 2. The van der Waals surface area contributed by atoms with Gasteiger partial charge in [0, 0.05) is 11.1 Å². The largest absolute Gasteiger partial charge is 0.496 e. The molecule has 3 heteroatoms. The van der Waals surface area contributed by atoms with Gasteiger partial charge in [-0.2, -0.15) is 0 Å². The minimum atomic E-state index is 0.0258. The second kappa shape index (κ2) is 6.24. The molecule has 0 aliphatic carbocycles. The van der Waals surface area contributed by atoms with Gasteiger partial charge in [0.25, 0.3) is 0 Å². The molecule has 0 unspecified atom stereocenters. The van der Waals surface area contributed by atoms with E-state index in [9.17, 15) is 4.79 Å². The van der Waals surface area contributed by atoms with Crippen LogP contribution < -0.4 is 9.47 Å². The topological polar surface area (TPSA) is 35.5 Å². The van der Waals surface area contributed by atoms with E-state index >= 15 is 0 Å². The summed E-state index contributed by atoms with van der Waals surface area (Å²) in [5, 5.41) is 0. The van der Waals surface area contributed by atoms with E-state index in [1.807, 2.05) is 43.3 Å². The number of hydrogen-bond acceptors (Lipinski definition) is 3. The van der Waals surface area contributed by atoms with Crippen LogP contribution in [0.2, 0.25) is 0 Å². The number of carbonyl (C=O) groups is 1. The Kier molecular flexibility index (Phi) is 4.41. The summed E-state index contributed by atoms with van der Waals surface area (Å²) < 4.78 is 10.9. The summed E-state index contributed by atoms with van der Waals surface area (Å²) in [6.45, 7) is 4.13. The number of ketones is 1. The standard InChI is InChI=1S/C17H18O3/c1-4-20-15-7-5-6-14(10-15)16-9-8-13(12(2)18)11-17(16)19-3/h5-11H,4H2,1-3H3. The van der Waals surface area contributed by atoms with Crippen molar-refractivity contribution >= 4 is 5.78 Å². The second-order valence-electron chi connectivity index (χ2n) is 4.43. The van der Waals surface area contributed by atoms with Crippen molar-refractivity contribution in [3.8, 4) is 22.6 Å². The summed E-state index contributed by atoms with van der Waals surface area (Å²) in [5.41, 5.74) is 2.59. The maximum atomic E-state index is 11.4. The highest BCUT2D eigenvalue weighted by atomic mass is 16.5. The first-order valence-electron chi connectivity index (χ1n) is 6.58. The van der Waals surface area contributed by atoms with Gasteiger partial charge in [-0.3, -0.25) is 4.79 Å². The molecule has 0 saturated carbocycles. The first-order valence-corrected chi connectivity index (χ1v) is 6.58. The van der Waals surface area contributed by atoms with E-state index < -0.39 is 0 Å². The van der Waals surface area contributed by atoms with E-state index in [-0.39, 0.29) is 5.78 Å². The van der Waals surface area contributed by atoms with Gasteiger partial charge in [-0.05, 0) is 43.7 Å². The molecule has 2 aromatic rings. The zero-order chi connectivity index (χ0) is 14.5. The lowest BCUT2D eigenvalue weighted by Crippen LogP contribution is -1.96. The van der Waals surface area contributed by atoms with Crippen molar-refractivity contribution in [3.63, 3.8) is 0 Å². The molecule has 0 aliphatic heterocycles. The molecule has 3 nitrogen and oxygen atoms in total. The minimum absolute atomic E-state index is 0.0258. The van der Waals surface area contributed by atoms with Crippen molar-refractivity contribution in [2.75, 3.05) is 13.7 Å². The molecule has 0 spiro atoms. The molecule has 104 valence electrons. The van der Waals surface area contributed by atoms with E-state index in [4.69, 9.17) is 9.47 Å². The van der Waals surface area contributed by atoms with Crippen molar-refractivity contribution < 1.29 is 14.3 Å². The van der Waals surface area contributed by atoms with Crippen LogP contribution in [0.4, 0.5) is 0 Å². The predicted molar refractivity (Wildman–Crippen MR) is 79.6 cm³/mol. The predicted octanol–water partition coefficient (Wildman–Crippen LogP) is 3.96. The Labute approximate surface area is 119 Å². The Morgan fingerprint density at radius 1 is 1.15 bits per heavy atom. The van der Waals surface area contributed by atoms with Gasteiger partial charge >= 0.3 is 0 Å². The maximum Gasteiger partial charge on any atom is 0.159 e. The van der Waals surface area contributed by atoms with Gasteiger partial charge < -0.3 is 9.47 Å². The highest BCUT2D eigenvalue weighted by Gasteiger charge is 2.09. The van der Waals surface area contributed by atoms with Crippen molar-refractivity contribution in [2.45, 2.75) is 13.8 Å². The minimum Gasteiger partial charge on any atom is -0.496 e. The molecule has 0 heterocycles. The van der Waals surface area contributed by atoms with Gasteiger partial charge in [-0.25, -0.2) is 0 Å². The molecular weight excluding hydrogens is 252 g/mol. The van der Waals surface area contributed by atoms with E-state index in [2.05, 4.69) is 0 Å². The summed E-state index contributed by atoms with van der Waals surface area (Å²) in [7, 11) is 1.61. The zero-order valence-electron chi connectivity index (χ0n) is 12.0. The molecule has 20 heavy (non-hydrogen) atoms. The van der Waals surface area contributed by atoms with Gasteiger partial charge in [0.05, 0.1) is 13.7 Å². The number of Topliss-reactive ketones (excluding diaryl/α,β-unsaturated/α-hetero) is 1. The van der Waals surface area contributed by atoms with Crippen LogP contribution in [0, 0.1) is 0 Å². The van der Waals surface area contributed by atoms with Gasteiger partial charge in [0.2, 0.25) is 0 Å². The van der Waals surface area contributed by atoms with Crippen LogP contribution in [0.3, 0.4) is 0 Å². The van der Waals surface area contributed by atoms with Gasteiger partial charge in [-0.1, -0.05) is 18.2 Å². The molecule has 0 atom stereocenters. The average molecular weight is 270 g/mol. The fourth-order valence-corrected chi connectivity index (χ4v) is 2.07. The normalized spacial score (nSPS) is 10.2. The molecule has 2 aromatic carbocycles. The Morgan fingerprint density at radius 3 is 2.60 bits per heavy atom. The molecule has 0 aromatic heterocycles. The fourth-order valence-electron chi connectivity index (χ4n) is 2.07. The Bertz CT molecular complexity index is 617. The lowest BCUT2D eigenvalue weighted by Gasteiger charge is -2.11. The molecule has 0 radical (unpaired) electrons. The third kappa shape index (κ3) is 2.99. The third-order valence-electron chi connectivity index (χ3n) is 3.06.